The summed E-state index contributed by atoms with van der Waals surface area (Å²) in [5.74, 6) is 0.0935. The smallest absolute Gasteiger partial charge is 0.230 e. The molecule has 0 aliphatic carbocycles. The summed E-state index contributed by atoms with van der Waals surface area (Å²) < 4.78 is 0.772. The number of H-pyrrole nitrogens is 1. The van der Waals surface area contributed by atoms with Crippen molar-refractivity contribution < 1.29 is 4.79 Å². The Labute approximate surface area is 185 Å². The second-order valence-electron chi connectivity index (χ2n) is 6.31. The van der Waals surface area contributed by atoms with Crippen molar-refractivity contribution in [3.8, 4) is 0 Å². The number of aromatic nitrogens is 3. The van der Waals surface area contributed by atoms with E-state index in [9.17, 15) is 4.79 Å². The quantitative estimate of drug-likeness (QED) is 0.362. The first-order valence-electron chi connectivity index (χ1n) is 8.78. The van der Waals surface area contributed by atoms with Gasteiger partial charge in [0.1, 0.15) is 5.51 Å². The minimum absolute atomic E-state index is 0.0693. The van der Waals surface area contributed by atoms with Gasteiger partial charge in [-0.2, -0.15) is 0 Å². The van der Waals surface area contributed by atoms with Crippen LogP contribution in [-0.2, 0) is 4.79 Å². The molecule has 0 saturated heterocycles. The molecular formula is C20H16Cl2N4OS2. The molecule has 5 nitrogen and oxygen atoms in total. The zero-order chi connectivity index (χ0) is 20.2. The minimum Gasteiger partial charge on any atom is -0.361 e. The number of aromatic amines is 1. The van der Waals surface area contributed by atoms with E-state index in [1.165, 1.54) is 23.1 Å². The van der Waals surface area contributed by atoms with Gasteiger partial charge in [-0.15, -0.1) is 10.2 Å². The van der Waals surface area contributed by atoms with Crippen molar-refractivity contribution in [2.75, 3.05) is 12.3 Å². The molecule has 0 saturated carbocycles. The molecule has 29 heavy (non-hydrogen) atoms. The van der Waals surface area contributed by atoms with Gasteiger partial charge < -0.3 is 10.3 Å². The molecule has 0 spiro atoms. The van der Waals surface area contributed by atoms with E-state index in [2.05, 4.69) is 26.6 Å². The summed E-state index contributed by atoms with van der Waals surface area (Å²) in [5.41, 5.74) is 4.67. The Bertz CT molecular complexity index is 1130. The Kier molecular flexibility index (Phi) is 6.40. The first-order chi connectivity index (χ1) is 14.1. The van der Waals surface area contributed by atoms with Crippen molar-refractivity contribution in [1.82, 2.24) is 20.5 Å². The molecular weight excluding hydrogens is 447 g/mol. The van der Waals surface area contributed by atoms with E-state index in [4.69, 9.17) is 23.2 Å². The van der Waals surface area contributed by atoms with Crippen LogP contribution in [-0.4, -0.2) is 33.4 Å². The van der Waals surface area contributed by atoms with Gasteiger partial charge in [0.25, 0.3) is 0 Å². The predicted molar refractivity (Wildman–Crippen MR) is 120 cm³/mol. The van der Waals surface area contributed by atoms with Gasteiger partial charge in [-0.25, -0.2) is 0 Å². The van der Waals surface area contributed by atoms with Gasteiger partial charge in [0, 0.05) is 39.6 Å². The van der Waals surface area contributed by atoms with Crippen LogP contribution in [0.1, 0.15) is 17.0 Å². The van der Waals surface area contributed by atoms with Crippen molar-refractivity contribution in [1.29, 1.82) is 0 Å². The number of hydrogen-bond donors (Lipinski definition) is 2. The molecule has 2 aromatic carbocycles. The normalized spacial score (nSPS) is 12.2. The molecule has 1 amide bonds. The van der Waals surface area contributed by atoms with Crippen molar-refractivity contribution in [3.63, 3.8) is 0 Å². The second-order valence-corrected chi connectivity index (χ2v) is 9.20. The van der Waals surface area contributed by atoms with E-state index in [0.717, 1.165) is 26.4 Å². The summed E-state index contributed by atoms with van der Waals surface area (Å²) in [6.07, 6.45) is 1.97. The topological polar surface area (TPSA) is 70.7 Å². The van der Waals surface area contributed by atoms with Crippen LogP contribution in [0.15, 0.2) is 58.5 Å². The molecule has 148 valence electrons. The molecule has 0 aliphatic rings. The predicted octanol–water partition coefficient (Wildman–Crippen LogP) is 5.37. The highest BCUT2D eigenvalue weighted by Crippen LogP contribution is 2.35. The fourth-order valence-corrected chi connectivity index (χ4v) is 5.03. The van der Waals surface area contributed by atoms with Crippen LogP contribution in [0, 0.1) is 0 Å². The first kappa shape index (κ1) is 20.2. The number of nitrogens with zero attached hydrogens (tertiary/aromatic N) is 2. The fraction of sp³-hybridized carbons (Fsp3) is 0.150. The standard InChI is InChI=1S/C20H16Cl2N4OS2/c21-12-5-6-13(17(22)7-12)15(16-8-23-18-4-2-1-3-14(16)18)9-24-19(27)10-28-20-26-25-11-29-20/h1-8,11,15,23H,9-10H2,(H,24,27). The lowest BCUT2D eigenvalue weighted by molar-refractivity contribution is -0.118. The van der Waals surface area contributed by atoms with Crippen molar-refractivity contribution >= 4 is 63.1 Å². The van der Waals surface area contributed by atoms with Crippen molar-refractivity contribution in [2.45, 2.75) is 10.3 Å². The van der Waals surface area contributed by atoms with Gasteiger partial charge in [0.05, 0.1) is 5.75 Å². The van der Waals surface area contributed by atoms with Crippen LogP contribution in [0.5, 0.6) is 0 Å². The summed E-state index contributed by atoms with van der Waals surface area (Å²) in [6, 6.07) is 13.5. The number of carbonyl (C=O) groups excluding carboxylic acids is 1. The van der Waals surface area contributed by atoms with E-state index in [-0.39, 0.29) is 17.6 Å². The largest absolute Gasteiger partial charge is 0.361 e. The minimum atomic E-state index is -0.119. The summed E-state index contributed by atoms with van der Waals surface area (Å²) in [4.78, 5) is 15.7. The number of amides is 1. The lowest BCUT2D eigenvalue weighted by atomic mass is 9.90. The van der Waals surface area contributed by atoms with Crippen molar-refractivity contribution in [3.05, 3.63) is 75.3 Å². The highest BCUT2D eigenvalue weighted by atomic mass is 35.5. The van der Waals surface area contributed by atoms with Gasteiger partial charge in [-0.05, 0) is 29.3 Å². The molecule has 4 rings (SSSR count). The molecule has 0 fully saturated rings. The molecule has 1 atom stereocenters. The van der Waals surface area contributed by atoms with E-state index in [0.29, 0.717) is 16.6 Å². The lowest BCUT2D eigenvalue weighted by Gasteiger charge is -2.19. The Hall–Kier alpha value is -2.06. The first-order valence-corrected chi connectivity index (χ1v) is 11.4. The summed E-state index contributed by atoms with van der Waals surface area (Å²) in [6.45, 7) is 0.415. The fourth-order valence-electron chi connectivity index (χ4n) is 3.17. The number of rotatable bonds is 7. The van der Waals surface area contributed by atoms with Crippen LogP contribution in [0.3, 0.4) is 0 Å². The third-order valence-electron chi connectivity index (χ3n) is 4.50. The summed E-state index contributed by atoms with van der Waals surface area (Å²) in [5, 5.41) is 13.0. The Morgan fingerprint density at radius 1 is 1.21 bits per heavy atom. The molecule has 4 aromatic rings. The second kappa shape index (κ2) is 9.17. The lowest BCUT2D eigenvalue weighted by Crippen LogP contribution is -2.30. The average Bonchev–Trinajstić information content (AvgIpc) is 3.38. The van der Waals surface area contributed by atoms with E-state index in [1.54, 1.807) is 11.6 Å². The van der Waals surface area contributed by atoms with Crippen LogP contribution in [0.4, 0.5) is 0 Å². The van der Waals surface area contributed by atoms with Gasteiger partial charge in [0.15, 0.2) is 4.34 Å². The number of halogens is 2. The van der Waals surface area contributed by atoms with Crippen LogP contribution in [0.2, 0.25) is 10.0 Å². The number of hydrogen-bond acceptors (Lipinski definition) is 5. The van der Waals surface area contributed by atoms with E-state index < -0.39 is 0 Å². The highest BCUT2D eigenvalue weighted by molar-refractivity contribution is 8.01. The Morgan fingerprint density at radius 3 is 2.86 bits per heavy atom. The Balaban J connectivity index is 1.57. The van der Waals surface area contributed by atoms with E-state index in [1.807, 2.05) is 36.5 Å². The molecule has 0 radical (unpaired) electrons. The molecule has 1 unspecified atom stereocenters. The third-order valence-corrected chi connectivity index (χ3v) is 6.93. The number of benzene rings is 2. The van der Waals surface area contributed by atoms with Crippen LogP contribution in [0.25, 0.3) is 10.9 Å². The number of para-hydroxylation sites is 1. The molecule has 2 aromatic heterocycles. The SMILES string of the molecule is O=C(CSc1nncs1)NCC(c1ccc(Cl)cc1Cl)c1c[nH]c2ccccc12. The maximum absolute atomic E-state index is 12.4. The van der Waals surface area contributed by atoms with Gasteiger partial charge in [-0.3, -0.25) is 4.79 Å². The molecule has 0 aliphatic heterocycles. The number of thioether (sulfide) groups is 1. The molecule has 0 bridgehead atoms. The maximum Gasteiger partial charge on any atom is 0.230 e. The zero-order valence-electron chi connectivity index (χ0n) is 15.1. The molecule has 2 heterocycles. The third kappa shape index (κ3) is 4.75. The number of carbonyl (C=O) groups is 1. The zero-order valence-corrected chi connectivity index (χ0v) is 18.2. The number of nitrogens with one attached hydrogen (secondary N) is 2. The summed E-state index contributed by atoms with van der Waals surface area (Å²) >= 11 is 15.4. The van der Waals surface area contributed by atoms with E-state index >= 15 is 0 Å². The van der Waals surface area contributed by atoms with Gasteiger partial charge in [0.2, 0.25) is 5.91 Å². The monoisotopic (exact) mass is 462 g/mol. The van der Waals surface area contributed by atoms with Gasteiger partial charge >= 0.3 is 0 Å². The molecule has 2 N–H and O–H groups in total. The van der Waals surface area contributed by atoms with Crippen LogP contribution >= 0.6 is 46.3 Å². The van der Waals surface area contributed by atoms with Crippen molar-refractivity contribution in [2.24, 2.45) is 0 Å². The Morgan fingerprint density at radius 2 is 2.07 bits per heavy atom. The summed E-state index contributed by atoms with van der Waals surface area (Å²) in [7, 11) is 0. The highest BCUT2D eigenvalue weighted by Gasteiger charge is 2.21. The maximum atomic E-state index is 12.4. The average molecular weight is 463 g/mol. The van der Waals surface area contributed by atoms with Crippen LogP contribution < -0.4 is 5.32 Å². The molecule has 9 heteroatoms. The van der Waals surface area contributed by atoms with Gasteiger partial charge in [-0.1, -0.05) is 70.6 Å². The number of fused-ring (bicyclic) bond motifs is 1.